The zero-order valence-electron chi connectivity index (χ0n) is 12.7. The first-order valence-corrected chi connectivity index (χ1v) is 8.88. The predicted molar refractivity (Wildman–Crippen MR) is 88.3 cm³/mol. The van der Waals surface area contributed by atoms with E-state index in [2.05, 4.69) is 10.0 Å². The number of anilines is 1. The number of amides is 1. The van der Waals surface area contributed by atoms with Crippen LogP contribution in [0.4, 0.5) is 5.69 Å². The predicted octanol–water partition coefficient (Wildman–Crippen LogP) is 1.47. The molecule has 0 radical (unpaired) electrons. The van der Waals surface area contributed by atoms with Gasteiger partial charge in [-0.3, -0.25) is 4.79 Å². The molecule has 0 atom stereocenters. The lowest BCUT2D eigenvalue weighted by Crippen LogP contribution is -2.33. The van der Waals surface area contributed by atoms with Gasteiger partial charge in [0, 0.05) is 5.69 Å². The molecule has 126 valence electrons. The second-order valence-corrected chi connectivity index (χ2v) is 6.99. The van der Waals surface area contributed by atoms with Gasteiger partial charge in [-0.05, 0) is 29.8 Å². The molecule has 24 heavy (non-hydrogen) atoms. The van der Waals surface area contributed by atoms with Gasteiger partial charge in [-0.2, -0.15) is 0 Å². The zero-order valence-corrected chi connectivity index (χ0v) is 13.5. The number of hydrogen-bond acceptors (Lipinski definition) is 5. The highest BCUT2D eigenvalue weighted by Crippen LogP contribution is 2.32. The highest BCUT2D eigenvalue weighted by atomic mass is 32.2. The van der Waals surface area contributed by atoms with Crippen molar-refractivity contribution in [3.05, 3.63) is 54.1 Å². The van der Waals surface area contributed by atoms with Crippen LogP contribution in [0.2, 0.25) is 0 Å². The van der Waals surface area contributed by atoms with Crippen LogP contribution >= 0.6 is 0 Å². The number of nitrogens with one attached hydrogen (secondary N) is 2. The van der Waals surface area contributed by atoms with Gasteiger partial charge in [-0.1, -0.05) is 24.3 Å². The van der Waals surface area contributed by atoms with E-state index >= 15 is 0 Å². The minimum atomic E-state index is -3.65. The van der Waals surface area contributed by atoms with Crippen molar-refractivity contribution < 1.29 is 22.7 Å². The Morgan fingerprint density at radius 1 is 1.04 bits per heavy atom. The molecular weight excluding hydrogens is 332 g/mol. The first kappa shape index (κ1) is 16.3. The van der Waals surface area contributed by atoms with Crippen LogP contribution in [0.25, 0.3) is 0 Å². The molecule has 1 amide bonds. The fraction of sp³-hybridized carbons (Fsp3) is 0.188. The van der Waals surface area contributed by atoms with Gasteiger partial charge in [-0.25, -0.2) is 13.1 Å². The summed E-state index contributed by atoms with van der Waals surface area (Å²) >= 11 is 0. The van der Waals surface area contributed by atoms with Crippen LogP contribution in [-0.2, 0) is 20.6 Å². The van der Waals surface area contributed by atoms with Gasteiger partial charge in [0.05, 0.1) is 12.3 Å². The summed E-state index contributed by atoms with van der Waals surface area (Å²) < 4.78 is 36.9. The highest BCUT2D eigenvalue weighted by molar-refractivity contribution is 7.88. The molecule has 3 rings (SSSR count). The van der Waals surface area contributed by atoms with E-state index in [9.17, 15) is 13.2 Å². The van der Waals surface area contributed by atoms with E-state index in [0.29, 0.717) is 22.7 Å². The van der Waals surface area contributed by atoms with Crippen molar-refractivity contribution >= 4 is 21.6 Å². The molecule has 2 N–H and O–H groups in total. The van der Waals surface area contributed by atoms with Gasteiger partial charge >= 0.3 is 0 Å². The summed E-state index contributed by atoms with van der Waals surface area (Å²) in [6, 6.07) is 13.7. The highest BCUT2D eigenvalue weighted by Gasteiger charge is 2.17. The molecule has 0 aromatic heterocycles. The summed E-state index contributed by atoms with van der Waals surface area (Å²) in [5, 5.41) is 2.61. The van der Waals surface area contributed by atoms with Crippen LogP contribution in [0.15, 0.2) is 48.5 Å². The van der Waals surface area contributed by atoms with Crippen molar-refractivity contribution in [1.82, 2.24) is 4.72 Å². The van der Waals surface area contributed by atoms with E-state index < -0.39 is 15.9 Å². The Morgan fingerprint density at radius 3 is 2.58 bits per heavy atom. The van der Waals surface area contributed by atoms with E-state index in [0.717, 1.165) is 0 Å². The lowest BCUT2D eigenvalue weighted by molar-refractivity contribution is -0.115. The maximum atomic E-state index is 12.1. The van der Waals surface area contributed by atoms with Crippen molar-refractivity contribution in [2.75, 3.05) is 18.7 Å². The summed E-state index contributed by atoms with van der Waals surface area (Å²) in [6.45, 7) is -0.203. The maximum Gasteiger partial charge on any atom is 0.239 e. The average Bonchev–Trinajstić information content (AvgIpc) is 3.01. The Morgan fingerprint density at radius 2 is 1.79 bits per heavy atom. The number of sulfonamides is 1. The minimum Gasteiger partial charge on any atom is -0.454 e. The quantitative estimate of drug-likeness (QED) is 0.825. The lowest BCUT2D eigenvalue weighted by atomic mass is 10.2. The van der Waals surface area contributed by atoms with Gasteiger partial charge < -0.3 is 14.8 Å². The van der Waals surface area contributed by atoms with E-state index in [1.54, 1.807) is 42.5 Å². The molecule has 0 fully saturated rings. The van der Waals surface area contributed by atoms with Crippen LogP contribution in [0.5, 0.6) is 11.5 Å². The molecule has 1 heterocycles. The smallest absolute Gasteiger partial charge is 0.239 e. The first-order chi connectivity index (χ1) is 11.5. The number of rotatable bonds is 6. The third-order valence-corrected chi connectivity index (χ3v) is 4.60. The summed E-state index contributed by atoms with van der Waals surface area (Å²) in [5.74, 6) is 0.425. The second kappa shape index (κ2) is 6.90. The molecule has 7 nitrogen and oxygen atoms in total. The van der Waals surface area contributed by atoms with Crippen LogP contribution in [0, 0.1) is 0 Å². The SMILES string of the molecule is O=C(CNS(=O)(=O)Cc1ccc2c(c1)OCO2)Nc1ccccc1. The number of fused-ring (bicyclic) bond motifs is 1. The van der Waals surface area contributed by atoms with Gasteiger partial charge in [0.1, 0.15) is 0 Å². The Labute approximate surface area is 139 Å². The van der Waals surface area contributed by atoms with E-state index in [4.69, 9.17) is 9.47 Å². The van der Waals surface area contributed by atoms with E-state index in [1.807, 2.05) is 6.07 Å². The Kier molecular flexibility index (Phi) is 4.68. The summed E-state index contributed by atoms with van der Waals surface area (Å²) in [6.07, 6.45) is 0. The van der Waals surface area contributed by atoms with Crippen molar-refractivity contribution in [2.24, 2.45) is 0 Å². The number of hydrogen-bond donors (Lipinski definition) is 2. The molecule has 1 aliphatic heterocycles. The van der Waals surface area contributed by atoms with E-state index in [-0.39, 0.29) is 19.1 Å². The molecule has 8 heteroatoms. The zero-order chi connectivity index (χ0) is 17.0. The first-order valence-electron chi connectivity index (χ1n) is 7.23. The Balaban J connectivity index is 1.55. The summed E-state index contributed by atoms with van der Waals surface area (Å²) in [7, 11) is -3.65. The van der Waals surface area contributed by atoms with Gasteiger partial charge in [0.15, 0.2) is 11.5 Å². The molecule has 0 unspecified atom stereocenters. The minimum absolute atomic E-state index is 0.128. The van der Waals surface area contributed by atoms with Crippen LogP contribution in [-0.4, -0.2) is 27.7 Å². The molecule has 0 spiro atoms. The van der Waals surface area contributed by atoms with E-state index in [1.165, 1.54) is 0 Å². The monoisotopic (exact) mass is 348 g/mol. The van der Waals surface area contributed by atoms with Crippen LogP contribution in [0.3, 0.4) is 0 Å². The Hall–Kier alpha value is -2.58. The van der Waals surface area contributed by atoms with Gasteiger partial charge in [0.2, 0.25) is 22.7 Å². The molecule has 0 saturated carbocycles. The Bertz CT molecular complexity index is 837. The second-order valence-electron chi connectivity index (χ2n) is 5.18. The molecule has 2 aromatic carbocycles. The normalized spacial score (nSPS) is 12.8. The number of benzene rings is 2. The molecule has 0 bridgehead atoms. The lowest BCUT2D eigenvalue weighted by Gasteiger charge is -2.08. The molecule has 2 aromatic rings. The van der Waals surface area contributed by atoms with Crippen LogP contribution in [0.1, 0.15) is 5.56 Å². The maximum absolute atomic E-state index is 12.1. The number of para-hydroxylation sites is 1. The third-order valence-electron chi connectivity index (χ3n) is 3.30. The fourth-order valence-electron chi connectivity index (χ4n) is 2.20. The third kappa shape index (κ3) is 4.24. The molecule has 0 saturated heterocycles. The average molecular weight is 348 g/mol. The van der Waals surface area contributed by atoms with Crippen LogP contribution < -0.4 is 19.5 Å². The fourth-order valence-corrected chi connectivity index (χ4v) is 3.27. The molecule has 1 aliphatic rings. The number of carbonyl (C=O) groups excluding carboxylic acids is 1. The van der Waals surface area contributed by atoms with Crippen molar-refractivity contribution in [3.8, 4) is 11.5 Å². The molecular formula is C16H16N2O5S. The molecule has 0 aliphatic carbocycles. The van der Waals surface area contributed by atoms with Gasteiger partial charge in [-0.15, -0.1) is 0 Å². The standard InChI is InChI=1S/C16H16N2O5S/c19-16(18-13-4-2-1-3-5-13)9-17-24(20,21)10-12-6-7-14-15(8-12)23-11-22-14/h1-8,17H,9-11H2,(H,18,19). The topological polar surface area (TPSA) is 93.7 Å². The van der Waals surface area contributed by atoms with Crippen molar-refractivity contribution in [1.29, 1.82) is 0 Å². The largest absolute Gasteiger partial charge is 0.454 e. The van der Waals surface area contributed by atoms with Gasteiger partial charge in [0.25, 0.3) is 0 Å². The summed E-state index contributed by atoms with van der Waals surface area (Å²) in [5.41, 5.74) is 1.16. The van der Waals surface area contributed by atoms with Crippen molar-refractivity contribution in [2.45, 2.75) is 5.75 Å². The van der Waals surface area contributed by atoms with Crippen molar-refractivity contribution in [3.63, 3.8) is 0 Å². The number of ether oxygens (including phenoxy) is 2. The summed E-state index contributed by atoms with van der Waals surface area (Å²) in [4.78, 5) is 11.8. The number of carbonyl (C=O) groups is 1.